The van der Waals surface area contributed by atoms with Crippen molar-refractivity contribution < 1.29 is 12.9 Å². The molecule has 0 atom stereocenters. The van der Waals surface area contributed by atoms with E-state index in [0.717, 1.165) is 24.2 Å². The van der Waals surface area contributed by atoms with Crippen LogP contribution in [0.1, 0.15) is 11.4 Å². The summed E-state index contributed by atoms with van der Waals surface area (Å²) < 4.78 is 31.3. The highest BCUT2D eigenvalue weighted by atomic mass is 32.2. The molecular formula is C11H12N4O3S. The predicted molar refractivity (Wildman–Crippen MR) is 68.5 cm³/mol. The smallest absolute Gasteiger partial charge is 0.335 e. The number of aryl methyl sites for hydroxylation is 1. The fourth-order valence-corrected chi connectivity index (χ4v) is 2.90. The lowest BCUT2D eigenvalue weighted by Crippen LogP contribution is -2.13. The van der Waals surface area contributed by atoms with Gasteiger partial charge in [-0.1, -0.05) is 11.2 Å². The third-order valence-corrected chi connectivity index (χ3v) is 4.17. The van der Waals surface area contributed by atoms with Crippen molar-refractivity contribution in [3.05, 3.63) is 29.6 Å². The number of benzene rings is 1. The predicted octanol–water partition coefficient (Wildman–Crippen LogP) is 1.15. The van der Waals surface area contributed by atoms with Gasteiger partial charge in [-0.15, -0.1) is 0 Å². The molecule has 7 nitrogen and oxygen atoms in total. The van der Waals surface area contributed by atoms with Crippen LogP contribution in [0.3, 0.4) is 0 Å². The number of nitrogens with zero attached hydrogens (tertiary/aromatic N) is 2. The SMILES string of the molecule is Cc1noc(NS(=O)(=O)c2ccc3c(c2)NCC3)n1. The van der Waals surface area contributed by atoms with Crippen LogP contribution in [0.2, 0.25) is 0 Å². The molecule has 8 heteroatoms. The summed E-state index contributed by atoms with van der Waals surface area (Å²) in [5, 5.41) is 6.66. The first-order chi connectivity index (χ1) is 9.04. The number of nitrogens with one attached hydrogen (secondary N) is 2. The van der Waals surface area contributed by atoms with Crippen molar-refractivity contribution >= 4 is 21.7 Å². The summed E-state index contributed by atoms with van der Waals surface area (Å²) in [5.74, 6) is 0.369. The van der Waals surface area contributed by atoms with E-state index in [1.165, 1.54) is 0 Å². The van der Waals surface area contributed by atoms with Gasteiger partial charge in [0.2, 0.25) is 0 Å². The van der Waals surface area contributed by atoms with Crippen molar-refractivity contribution in [2.24, 2.45) is 0 Å². The largest absolute Gasteiger partial charge is 0.384 e. The van der Waals surface area contributed by atoms with Crippen LogP contribution >= 0.6 is 0 Å². The molecule has 0 saturated carbocycles. The van der Waals surface area contributed by atoms with E-state index >= 15 is 0 Å². The second kappa shape index (κ2) is 4.23. The molecule has 0 bridgehead atoms. The summed E-state index contributed by atoms with van der Waals surface area (Å²) in [4.78, 5) is 3.97. The molecule has 0 saturated heterocycles. The fraction of sp³-hybridized carbons (Fsp3) is 0.273. The standard InChI is InChI=1S/C11H12N4O3S/c1-7-13-11(18-14-7)15-19(16,17)9-3-2-8-4-5-12-10(8)6-9/h2-3,6,12H,4-5H2,1H3,(H,13,14,15). The minimum absolute atomic E-state index is 0.133. The first kappa shape index (κ1) is 12.0. The van der Waals surface area contributed by atoms with E-state index in [1.54, 1.807) is 19.1 Å². The molecule has 0 aliphatic carbocycles. The zero-order valence-electron chi connectivity index (χ0n) is 10.2. The van der Waals surface area contributed by atoms with Crippen molar-refractivity contribution in [3.63, 3.8) is 0 Å². The maximum atomic E-state index is 12.1. The topological polar surface area (TPSA) is 97.1 Å². The number of hydrogen-bond donors (Lipinski definition) is 2. The van der Waals surface area contributed by atoms with E-state index in [1.807, 2.05) is 6.07 Å². The lowest BCUT2D eigenvalue weighted by molar-refractivity contribution is 0.429. The third-order valence-electron chi connectivity index (χ3n) is 2.85. The molecular weight excluding hydrogens is 268 g/mol. The van der Waals surface area contributed by atoms with Crippen molar-refractivity contribution in [3.8, 4) is 0 Å². The molecule has 0 amide bonds. The Bertz CT molecular complexity index is 723. The minimum Gasteiger partial charge on any atom is -0.384 e. The third kappa shape index (κ3) is 2.26. The summed E-state index contributed by atoms with van der Waals surface area (Å²) in [7, 11) is -3.71. The van der Waals surface area contributed by atoms with Crippen LogP contribution in [-0.4, -0.2) is 25.1 Å². The zero-order chi connectivity index (χ0) is 13.5. The minimum atomic E-state index is -3.71. The van der Waals surface area contributed by atoms with E-state index in [0.29, 0.717) is 5.82 Å². The molecule has 2 aromatic rings. The van der Waals surface area contributed by atoms with Crippen molar-refractivity contribution in [1.82, 2.24) is 10.1 Å². The summed E-state index contributed by atoms with van der Waals surface area (Å²) >= 11 is 0. The Hall–Kier alpha value is -2.09. The quantitative estimate of drug-likeness (QED) is 0.875. The van der Waals surface area contributed by atoms with Crippen LogP contribution < -0.4 is 10.0 Å². The summed E-state index contributed by atoms with van der Waals surface area (Å²) in [5.41, 5.74) is 1.97. The molecule has 1 aliphatic heterocycles. The van der Waals surface area contributed by atoms with Crippen molar-refractivity contribution in [2.45, 2.75) is 18.2 Å². The second-order valence-electron chi connectivity index (χ2n) is 4.25. The molecule has 100 valence electrons. The highest BCUT2D eigenvalue weighted by Gasteiger charge is 2.20. The van der Waals surface area contributed by atoms with E-state index < -0.39 is 10.0 Å². The van der Waals surface area contributed by atoms with Gasteiger partial charge >= 0.3 is 6.01 Å². The van der Waals surface area contributed by atoms with Crippen LogP contribution in [0.15, 0.2) is 27.6 Å². The fourth-order valence-electron chi connectivity index (χ4n) is 1.95. The summed E-state index contributed by atoms with van der Waals surface area (Å²) in [6, 6.07) is 4.85. The maximum absolute atomic E-state index is 12.1. The van der Waals surface area contributed by atoms with Gasteiger partial charge in [-0.25, -0.2) is 13.1 Å². The molecule has 0 fully saturated rings. The van der Waals surface area contributed by atoms with Gasteiger partial charge in [0.25, 0.3) is 10.0 Å². The zero-order valence-corrected chi connectivity index (χ0v) is 11.0. The lowest BCUT2D eigenvalue weighted by Gasteiger charge is -2.06. The van der Waals surface area contributed by atoms with E-state index in [9.17, 15) is 8.42 Å². The Balaban J connectivity index is 1.92. The van der Waals surface area contributed by atoms with Crippen LogP contribution in [0.25, 0.3) is 0 Å². The average molecular weight is 280 g/mol. The summed E-state index contributed by atoms with van der Waals surface area (Å²) in [6.07, 6.45) is 0.909. The highest BCUT2D eigenvalue weighted by Crippen LogP contribution is 2.26. The Morgan fingerprint density at radius 2 is 2.26 bits per heavy atom. The van der Waals surface area contributed by atoms with Crippen molar-refractivity contribution in [2.75, 3.05) is 16.6 Å². The molecule has 1 aromatic heterocycles. The number of hydrogen-bond acceptors (Lipinski definition) is 6. The Morgan fingerprint density at radius 3 is 3.00 bits per heavy atom. The molecule has 2 heterocycles. The molecule has 1 aromatic carbocycles. The number of rotatable bonds is 3. The lowest BCUT2D eigenvalue weighted by atomic mass is 10.2. The molecule has 2 N–H and O–H groups in total. The average Bonchev–Trinajstić information content (AvgIpc) is 2.96. The Labute approximate surface area is 110 Å². The Morgan fingerprint density at radius 1 is 1.42 bits per heavy atom. The monoisotopic (exact) mass is 280 g/mol. The van der Waals surface area contributed by atoms with Crippen LogP contribution in [0, 0.1) is 6.92 Å². The highest BCUT2D eigenvalue weighted by molar-refractivity contribution is 7.92. The Kier molecular flexibility index (Phi) is 2.67. The first-order valence-electron chi connectivity index (χ1n) is 5.74. The maximum Gasteiger partial charge on any atom is 0.335 e. The van der Waals surface area contributed by atoms with Crippen LogP contribution in [-0.2, 0) is 16.4 Å². The van der Waals surface area contributed by atoms with Gasteiger partial charge in [0.05, 0.1) is 4.90 Å². The van der Waals surface area contributed by atoms with Gasteiger partial charge in [0.15, 0.2) is 5.82 Å². The first-order valence-corrected chi connectivity index (χ1v) is 7.23. The van der Waals surface area contributed by atoms with Crippen molar-refractivity contribution in [1.29, 1.82) is 0 Å². The number of sulfonamides is 1. The van der Waals surface area contributed by atoms with E-state index in [-0.39, 0.29) is 10.9 Å². The van der Waals surface area contributed by atoms with Gasteiger partial charge in [0.1, 0.15) is 0 Å². The number of fused-ring (bicyclic) bond motifs is 1. The van der Waals surface area contributed by atoms with E-state index in [2.05, 4.69) is 20.2 Å². The van der Waals surface area contributed by atoms with Gasteiger partial charge in [-0.2, -0.15) is 4.98 Å². The van der Waals surface area contributed by atoms with Gasteiger partial charge in [-0.05, 0) is 31.0 Å². The molecule has 3 rings (SSSR count). The van der Waals surface area contributed by atoms with Crippen LogP contribution in [0.5, 0.6) is 0 Å². The molecule has 0 unspecified atom stereocenters. The number of aromatic nitrogens is 2. The molecule has 0 radical (unpaired) electrons. The van der Waals surface area contributed by atoms with Crippen LogP contribution in [0.4, 0.5) is 11.7 Å². The van der Waals surface area contributed by atoms with Gasteiger partial charge in [0, 0.05) is 12.2 Å². The van der Waals surface area contributed by atoms with Gasteiger partial charge in [-0.3, -0.25) is 0 Å². The normalized spacial score (nSPS) is 13.9. The van der Waals surface area contributed by atoms with E-state index in [4.69, 9.17) is 4.52 Å². The second-order valence-corrected chi connectivity index (χ2v) is 5.93. The molecule has 19 heavy (non-hydrogen) atoms. The van der Waals surface area contributed by atoms with Gasteiger partial charge < -0.3 is 9.84 Å². The molecule has 1 aliphatic rings. The number of anilines is 2. The summed E-state index contributed by atoms with van der Waals surface area (Å²) in [6.45, 7) is 2.44. The molecule has 0 spiro atoms.